The number of thiocarbonyl (C=S) groups is 1. The van der Waals surface area contributed by atoms with E-state index in [9.17, 15) is 4.79 Å². The first-order valence-electron chi connectivity index (χ1n) is 7.69. The van der Waals surface area contributed by atoms with Crippen LogP contribution in [0, 0.1) is 0 Å². The molecule has 0 radical (unpaired) electrons. The molecule has 0 saturated carbocycles. The highest BCUT2D eigenvalue weighted by atomic mass is 35.5. The smallest absolute Gasteiger partial charge is 0.264 e. The van der Waals surface area contributed by atoms with Gasteiger partial charge in [0, 0.05) is 21.1 Å². The van der Waals surface area contributed by atoms with Crippen molar-refractivity contribution in [3.05, 3.63) is 70.7 Å². The van der Waals surface area contributed by atoms with Crippen LogP contribution in [0.15, 0.2) is 60.7 Å². The van der Waals surface area contributed by atoms with E-state index in [2.05, 4.69) is 10.6 Å². The van der Waals surface area contributed by atoms with Crippen molar-refractivity contribution in [3.63, 3.8) is 0 Å². The summed E-state index contributed by atoms with van der Waals surface area (Å²) in [5.41, 5.74) is 0.586. The zero-order valence-corrected chi connectivity index (χ0v) is 15.8. The van der Waals surface area contributed by atoms with E-state index in [0.29, 0.717) is 21.5 Å². The van der Waals surface area contributed by atoms with Gasteiger partial charge in [-0.15, -0.1) is 0 Å². The Morgan fingerprint density at radius 1 is 1.00 bits per heavy atom. The van der Waals surface area contributed by atoms with Gasteiger partial charge in [0.25, 0.3) is 5.91 Å². The third kappa shape index (κ3) is 4.85. The number of rotatable bonds is 4. The van der Waals surface area contributed by atoms with Gasteiger partial charge in [0.2, 0.25) is 0 Å². The number of anilines is 1. The molecule has 3 rings (SSSR count). The number of fused-ring (bicyclic) bond motifs is 1. The molecule has 0 spiro atoms. The van der Waals surface area contributed by atoms with E-state index in [-0.39, 0.29) is 17.6 Å². The van der Waals surface area contributed by atoms with E-state index in [1.165, 1.54) is 0 Å². The Morgan fingerprint density at radius 2 is 1.69 bits per heavy atom. The second kappa shape index (κ2) is 8.36. The van der Waals surface area contributed by atoms with Crippen molar-refractivity contribution in [3.8, 4) is 5.75 Å². The molecule has 0 bridgehead atoms. The van der Waals surface area contributed by atoms with Crippen molar-refractivity contribution < 1.29 is 9.53 Å². The van der Waals surface area contributed by atoms with E-state index in [0.717, 1.165) is 10.8 Å². The van der Waals surface area contributed by atoms with E-state index in [1.807, 2.05) is 42.5 Å². The van der Waals surface area contributed by atoms with Crippen LogP contribution >= 0.6 is 35.4 Å². The lowest BCUT2D eigenvalue weighted by Gasteiger charge is -2.12. The zero-order chi connectivity index (χ0) is 18.5. The summed E-state index contributed by atoms with van der Waals surface area (Å²) >= 11 is 17.0. The molecule has 3 aromatic rings. The van der Waals surface area contributed by atoms with Crippen LogP contribution in [0.2, 0.25) is 10.0 Å². The minimum Gasteiger partial charge on any atom is -0.483 e. The summed E-state index contributed by atoms with van der Waals surface area (Å²) in [5.74, 6) is 0.266. The normalized spacial score (nSPS) is 10.4. The fraction of sp³-hybridized carbons (Fsp3) is 0.0526. The Morgan fingerprint density at radius 3 is 2.46 bits per heavy atom. The summed E-state index contributed by atoms with van der Waals surface area (Å²) in [5, 5.41) is 8.46. The average molecular weight is 405 g/mol. The number of ether oxygens (including phenoxy) is 1. The summed E-state index contributed by atoms with van der Waals surface area (Å²) in [6.45, 7) is -0.161. The van der Waals surface area contributed by atoms with Crippen LogP contribution in [0.1, 0.15) is 0 Å². The van der Waals surface area contributed by atoms with E-state index < -0.39 is 0 Å². The molecule has 0 aromatic heterocycles. The predicted molar refractivity (Wildman–Crippen MR) is 110 cm³/mol. The average Bonchev–Trinajstić information content (AvgIpc) is 2.58. The molecule has 7 heteroatoms. The summed E-state index contributed by atoms with van der Waals surface area (Å²) in [4.78, 5) is 12.1. The quantitative estimate of drug-likeness (QED) is 0.598. The third-order valence-electron chi connectivity index (χ3n) is 3.48. The molecule has 0 unspecified atom stereocenters. The number of halogens is 2. The van der Waals surface area contributed by atoms with Gasteiger partial charge in [-0.3, -0.25) is 10.1 Å². The Kier molecular flexibility index (Phi) is 5.93. The van der Waals surface area contributed by atoms with Crippen LogP contribution in [0.25, 0.3) is 10.8 Å². The molecule has 26 heavy (non-hydrogen) atoms. The summed E-state index contributed by atoms with van der Waals surface area (Å²) in [7, 11) is 0. The first kappa shape index (κ1) is 18.5. The summed E-state index contributed by atoms with van der Waals surface area (Å²) < 4.78 is 5.63. The lowest BCUT2D eigenvalue weighted by atomic mass is 10.1. The van der Waals surface area contributed by atoms with E-state index in [1.54, 1.807) is 18.2 Å². The Balaban J connectivity index is 1.57. The standard InChI is InChI=1S/C19H14Cl2N2O2S/c20-13-8-14(21)10-15(9-13)22-19(26)23-18(24)11-25-17-7-3-5-12-4-1-2-6-16(12)17/h1-10H,11H2,(H2,22,23,24,26). The van der Waals surface area contributed by atoms with Crippen molar-refractivity contribution in [1.82, 2.24) is 5.32 Å². The molecule has 0 saturated heterocycles. The fourth-order valence-corrected chi connectivity index (χ4v) is 3.17. The topological polar surface area (TPSA) is 50.4 Å². The van der Waals surface area contributed by atoms with Crippen molar-refractivity contribution in [1.29, 1.82) is 0 Å². The van der Waals surface area contributed by atoms with Gasteiger partial charge in [-0.2, -0.15) is 0 Å². The van der Waals surface area contributed by atoms with E-state index in [4.69, 9.17) is 40.2 Å². The lowest BCUT2D eigenvalue weighted by Crippen LogP contribution is -2.37. The van der Waals surface area contributed by atoms with Gasteiger partial charge in [-0.25, -0.2) is 0 Å². The van der Waals surface area contributed by atoms with Crippen LogP contribution in [0.4, 0.5) is 5.69 Å². The third-order valence-corrected chi connectivity index (χ3v) is 4.12. The number of nitrogens with one attached hydrogen (secondary N) is 2. The Bertz CT molecular complexity index is 953. The molecule has 0 aliphatic rings. The predicted octanol–water partition coefficient (Wildman–Crippen LogP) is 5.04. The monoisotopic (exact) mass is 404 g/mol. The lowest BCUT2D eigenvalue weighted by molar-refractivity contribution is -0.121. The molecule has 0 heterocycles. The van der Waals surface area contributed by atoms with Crippen LogP contribution in [-0.4, -0.2) is 17.6 Å². The second-order valence-electron chi connectivity index (χ2n) is 5.43. The number of benzene rings is 3. The highest BCUT2D eigenvalue weighted by Gasteiger charge is 2.08. The molecular formula is C19H14Cl2N2O2S. The number of carbonyl (C=O) groups excluding carboxylic acids is 1. The first-order valence-corrected chi connectivity index (χ1v) is 8.85. The Labute approximate surface area is 166 Å². The molecule has 0 aliphatic carbocycles. The van der Waals surface area contributed by atoms with Gasteiger partial charge in [-0.05, 0) is 41.9 Å². The molecule has 2 N–H and O–H groups in total. The highest BCUT2D eigenvalue weighted by molar-refractivity contribution is 7.80. The zero-order valence-electron chi connectivity index (χ0n) is 13.5. The van der Waals surface area contributed by atoms with Crippen molar-refractivity contribution in [2.75, 3.05) is 11.9 Å². The highest BCUT2D eigenvalue weighted by Crippen LogP contribution is 2.25. The van der Waals surface area contributed by atoms with Gasteiger partial charge in [0.15, 0.2) is 11.7 Å². The molecule has 0 atom stereocenters. The molecular weight excluding hydrogens is 391 g/mol. The van der Waals surface area contributed by atoms with Crippen LogP contribution < -0.4 is 15.4 Å². The maximum absolute atomic E-state index is 12.1. The van der Waals surface area contributed by atoms with Gasteiger partial charge in [0.05, 0.1) is 0 Å². The Hall–Kier alpha value is -2.34. The van der Waals surface area contributed by atoms with Crippen LogP contribution in [-0.2, 0) is 4.79 Å². The van der Waals surface area contributed by atoms with E-state index >= 15 is 0 Å². The van der Waals surface area contributed by atoms with Gasteiger partial charge < -0.3 is 10.1 Å². The maximum atomic E-state index is 12.1. The number of hydrogen-bond acceptors (Lipinski definition) is 3. The molecule has 3 aromatic carbocycles. The van der Waals surface area contributed by atoms with Gasteiger partial charge in [-0.1, -0.05) is 59.6 Å². The number of amides is 1. The van der Waals surface area contributed by atoms with Crippen LogP contribution in [0.5, 0.6) is 5.75 Å². The van der Waals surface area contributed by atoms with Crippen LogP contribution in [0.3, 0.4) is 0 Å². The largest absolute Gasteiger partial charge is 0.483 e. The SMILES string of the molecule is O=C(COc1cccc2ccccc12)NC(=S)Nc1cc(Cl)cc(Cl)c1. The van der Waals surface area contributed by atoms with Crippen molar-refractivity contribution >= 4 is 62.9 Å². The van der Waals surface area contributed by atoms with Gasteiger partial charge in [0.1, 0.15) is 5.75 Å². The number of carbonyl (C=O) groups is 1. The molecule has 4 nitrogen and oxygen atoms in total. The van der Waals surface area contributed by atoms with Crippen molar-refractivity contribution in [2.45, 2.75) is 0 Å². The summed E-state index contributed by atoms with van der Waals surface area (Å²) in [6, 6.07) is 18.4. The minimum atomic E-state index is -0.372. The van der Waals surface area contributed by atoms with Gasteiger partial charge >= 0.3 is 0 Å². The second-order valence-corrected chi connectivity index (χ2v) is 6.71. The molecule has 0 aliphatic heterocycles. The first-order chi connectivity index (χ1) is 12.5. The molecule has 132 valence electrons. The molecule has 0 fully saturated rings. The number of hydrogen-bond donors (Lipinski definition) is 2. The molecule has 1 amide bonds. The minimum absolute atomic E-state index is 0.134. The maximum Gasteiger partial charge on any atom is 0.264 e. The fourth-order valence-electron chi connectivity index (χ4n) is 2.42. The van der Waals surface area contributed by atoms with Crippen molar-refractivity contribution in [2.24, 2.45) is 0 Å². The summed E-state index contributed by atoms with van der Waals surface area (Å²) in [6.07, 6.45) is 0.